The Balaban J connectivity index is 1.68. The zero-order valence-electron chi connectivity index (χ0n) is 10.5. The number of carboxylic acid groups (broad SMARTS) is 1. The first kappa shape index (κ1) is 13.5. The molecule has 2 heterocycles. The minimum atomic E-state index is -0.835. The molecule has 0 amide bonds. The summed E-state index contributed by atoms with van der Waals surface area (Å²) in [7, 11) is 2.06. The fourth-order valence-electron chi connectivity index (χ4n) is 2.22. The van der Waals surface area contributed by atoms with Gasteiger partial charge in [-0.1, -0.05) is 6.07 Å². The highest BCUT2D eigenvalue weighted by Gasteiger charge is 2.30. The maximum Gasteiger partial charge on any atom is 0.332 e. The number of ether oxygens (including phenoxy) is 1. The quantitative estimate of drug-likeness (QED) is 0.856. The molecule has 0 radical (unpaired) electrons. The molecule has 4 nitrogen and oxygen atoms in total. The van der Waals surface area contributed by atoms with E-state index in [9.17, 15) is 4.79 Å². The first-order valence-corrected chi connectivity index (χ1v) is 7.12. The van der Waals surface area contributed by atoms with Gasteiger partial charge < -0.3 is 14.7 Å². The Morgan fingerprint density at radius 1 is 1.61 bits per heavy atom. The topological polar surface area (TPSA) is 49.8 Å². The van der Waals surface area contributed by atoms with E-state index in [0.29, 0.717) is 6.42 Å². The molecule has 2 unspecified atom stereocenters. The van der Waals surface area contributed by atoms with Gasteiger partial charge >= 0.3 is 5.97 Å². The molecule has 0 aromatic carbocycles. The van der Waals surface area contributed by atoms with Crippen molar-refractivity contribution in [2.24, 2.45) is 0 Å². The molecule has 2 rings (SSSR count). The summed E-state index contributed by atoms with van der Waals surface area (Å²) in [5.74, 6) is -0.835. The number of thiophene rings is 1. The van der Waals surface area contributed by atoms with Gasteiger partial charge in [-0.25, -0.2) is 4.79 Å². The Hall–Kier alpha value is -0.910. The van der Waals surface area contributed by atoms with E-state index in [2.05, 4.69) is 29.5 Å². The summed E-state index contributed by atoms with van der Waals surface area (Å²) in [6.07, 6.45) is 2.00. The van der Waals surface area contributed by atoms with E-state index < -0.39 is 12.1 Å². The molecule has 1 N–H and O–H groups in total. The molecule has 0 spiro atoms. The van der Waals surface area contributed by atoms with Crippen LogP contribution in [0.2, 0.25) is 0 Å². The van der Waals surface area contributed by atoms with E-state index in [-0.39, 0.29) is 6.10 Å². The molecule has 1 aliphatic rings. The van der Waals surface area contributed by atoms with Crippen molar-refractivity contribution in [1.29, 1.82) is 0 Å². The van der Waals surface area contributed by atoms with E-state index in [1.807, 2.05) is 0 Å². The van der Waals surface area contributed by atoms with Gasteiger partial charge in [0.05, 0.1) is 6.10 Å². The zero-order chi connectivity index (χ0) is 13.0. The summed E-state index contributed by atoms with van der Waals surface area (Å²) in [6.45, 7) is 1.80. The predicted molar refractivity (Wildman–Crippen MR) is 71.1 cm³/mol. The average Bonchev–Trinajstić information content (AvgIpc) is 2.96. The van der Waals surface area contributed by atoms with Gasteiger partial charge in [0.2, 0.25) is 0 Å². The van der Waals surface area contributed by atoms with Crippen LogP contribution >= 0.6 is 11.3 Å². The smallest absolute Gasteiger partial charge is 0.332 e. The molecule has 1 saturated heterocycles. The van der Waals surface area contributed by atoms with E-state index >= 15 is 0 Å². The molecule has 0 bridgehead atoms. The third-order valence-electron chi connectivity index (χ3n) is 3.22. The number of hydrogen-bond donors (Lipinski definition) is 1. The van der Waals surface area contributed by atoms with Crippen molar-refractivity contribution < 1.29 is 14.6 Å². The normalized spacial score (nSPS) is 23.7. The SMILES string of the molecule is CN(CCc1cccs1)CC1CCC(C(=O)O)O1. The van der Waals surface area contributed by atoms with Crippen LogP contribution in [0.3, 0.4) is 0 Å². The lowest BCUT2D eigenvalue weighted by Gasteiger charge is -2.20. The first-order valence-electron chi connectivity index (χ1n) is 6.24. The molecule has 0 saturated carbocycles. The second kappa shape index (κ2) is 6.31. The maximum atomic E-state index is 10.8. The van der Waals surface area contributed by atoms with Gasteiger partial charge in [-0.05, 0) is 37.8 Å². The minimum absolute atomic E-state index is 0.0689. The summed E-state index contributed by atoms with van der Waals surface area (Å²) in [6, 6.07) is 4.21. The largest absolute Gasteiger partial charge is 0.479 e. The standard InChI is InChI=1S/C13H19NO3S/c1-14(7-6-11-3-2-8-18-11)9-10-4-5-12(17-10)13(15)16/h2-3,8,10,12H,4-7,9H2,1H3,(H,15,16). The summed E-state index contributed by atoms with van der Waals surface area (Å²) in [5, 5.41) is 10.9. The van der Waals surface area contributed by atoms with E-state index in [0.717, 1.165) is 25.9 Å². The second-order valence-corrected chi connectivity index (χ2v) is 5.79. The van der Waals surface area contributed by atoms with Crippen molar-refractivity contribution in [3.63, 3.8) is 0 Å². The summed E-state index contributed by atoms with van der Waals surface area (Å²) < 4.78 is 5.49. The number of hydrogen-bond acceptors (Lipinski definition) is 4. The van der Waals surface area contributed by atoms with E-state index in [4.69, 9.17) is 9.84 Å². The molecular weight excluding hydrogens is 250 g/mol. The van der Waals surface area contributed by atoms with Crippen molar-refractivity contribution in [3.8, 4) is 0 Å². The van der Waals surface area contributed by atoms with Crippen molar-refractivity contribution >= 4 is 17.3 Å². The van der Waals surface area contributed by atoms with Crippen LogP contribution < -0.4 is 0 Å². The fourth-order valence-corrected chi connectivity index (χ4v) is 2.91. The summed E-state index contributed by atoms with van der Waals surface area (Å²) >= 11 is 1.78. The lowest BCUT2D eigenvalue weighted by Crippen LogP contribution is -2.31. The lowest BCUT2D eigenvalue weighted by molar-refractivity contribution is -0.149. The Morgan fingerprint density at radius 2 is 2.44 bits per heavy atom. The second-order valence-electron chi connectivity index (χ2n) is 4.75. The molecular formula is C13H19NO3S. The minimum Gasteiger partial charge on any atom is -0.479 e. The Labute approximate surface area is 111 Å². The third-order valence-corrected chi connectivity index (χ3v) is 4.15. The van der Waals surface area contributed by atoms with Crippen molar-refractivity contribution in [2.45, 2.75) is 31.5 Å². The fraction of sp³-hybridized carbons (Fsp3) is 0.615. The first-order chi connectivity index (χ1) is 8.65. The monoisotopic (exact) mass is 269 g/mol. The highest BCUT2D eigenvalue weighted by molar-refractivity contribution is 7.09. The van der Waals surface area contributed by atoms with Crippen molar-refractivity contribution in [1.82, 2.24) is 4.90 Å². The van der Waals surface area contributed by atoms with Gasteiger partial charge in [0, 0.05) is 18.0 Å². The van der Waals surface area contributed by atoms with Crippen LogP contribution in [0.15, 0.2) is 17.5 Å². The van der Waals surface area contributed by atoms with Crippen LogP contribution in [0.5, 0.6) is 0 Å². The molecule has 5 heteroatoms. The van der Waals surface area contributed by atoms with Gasteiger partial charge in [0.1, 0.15) is 0 Å². The van der Waals surface area contributed by atoms with Crippen LogP contribution in [0.25, 0.3) is 0 Å². The highest BCUT2D eigenvalue weighted by Crippen LogP contribution is 2.20. The maximum absolute atomic E-state index is 10.8. The van der Waals surface area contributed by atoms with Gasteiger partial charge in [0.15, 0.2) is 6.10 Å². The number of rotatable bonds is 6. The Bertz CT molecular complexity index is 380. The predicted octanol–water partition coefficient (Wildman–Crippen LogP) is 1.85. The number of nitrogens with zero attached hydrogens (tertiary/aromatic N) is 1. The van der Waals surface area contributed by atoms with Crippen molar-refractivity contribution in [2.75, 3.05) is 20.1 Å². The number of likely N-dealkylation sites (N-methyl/N-ethyl adjacent to an activating group) is 1. The van der Waals surface area contributed by atoms with Crippen LogP contribution in [0.1, 0.15) is 17.7 Å². The van der Waals surface area contributed by atoms with Gasteiger partial charge in [-0.2, -0.15) is 0 Å². The van der Waals surface area contributed by atoms with E-state index in [1.165, 1.54) is 4.88 Å². The van der Waals surface area contributed by atoms with Gasteiger partial charge in [0.25, 0.3) is 0 Å². The van der Waals surface area contributed by atoms with Gasteiger partial charge in [-0.15, -0.1) is 11.3 Å². The molecule has 1 fully saturated rings. The Kier molecular flexibility index (Phi) is 4.74. The molecule has 1 aromatic heterocycles. The summed E-state index contributed by atoms with van der Waals surface area (Å²) in [4.78, 5) is 14.4. The van der Waals surface area contributed by atoms with Crippen molar-refractivity contribution in [3.05, 3.63) is 22.4 Å². The lowest BCUT2D eigenvalue weighted by atomic mass is 10.2. The van der Waals surface area contributed by atoms with Gasteiger partial charge in [-0.3, -0.25) is 0 Å². The highest BCUT2D eigenvalue weighted by atomic mass is 32.1. The Morgan fingerprint density at radius 3 is 3.06 bits per heavy atom. The molecule has 1 aliphatic heterocycles. The zero-order valence-corrected chi connectivity index (χ0v) is 11.4. The number of aliphatic carboxylic acids is 1. The van der Waals surface area contributed by atoms with Crippen LogP contribution in [-0.4, -0.2) is 48.3 Å². The van der Waals surface area contributed by atoms with Crippen LogP contribution in [-0.2, 0) is 16.0 Å². The number of carboxylic acids is 1. The van der Waals surface area contributed by atoms with E-state index in [1.54, 1.807) is 11.3 Å². The molecule has 18 heavy (non-hydrogen) atoms. The number of carbonyl (C=O) groups is 1. The molecule has 1 aromatic rings. The third kappa shape index (κ3) is 3.80. The molecule has 100 valence electrons. The molecule has 0 aliphatic carbocycles. The van der Waals surface area contributed by atoms with Crippen LogP contribution in [0.4, 0.5) is 0 Å². The molecule has 2 atom stereocenters. The van der Waals surface area contributed by atoms with Crippen LogP contribution in [0, 0.1) is 0 Å². The average molecular weight is 269 g/mol. The summed E-state index contributed by atoms with van der Waals surface area (Å²) in [5.41, 5.74) is 0.